The molecule has 0 amide bonds. The first kappa shape index (κ1) is 23.6. The first-order valence-corrected chi connectivity index (χ1v) is 13.8. The molecule has 3 heteroatoms. The molecule has 0 saturated heterocycles. The summed E-state index contributed by atoms with van der Waals surface area (Å²) in [5.41, 5.74) is 1.27. The van der Waals surface area contributed by atoms with Crippen LogP contribution in [0.4, 0.5) is 0 Å². The van der Waals surface area contributed by atoms with E-state index in [0.717, 1.165) is 18.7 Å². The molecule has 152 valence electrons. The molecular formula is C23H43O2P. The van der Waals surface area contributed by atoms with Gasteiger partial charge >= 0.3 is 149 Å². The second-order valence-corrected chi connectivity index (χ2v) is 12.6. The molecule has 0 radical (unpaired) electrons. The Morgan fingerprint density at radius 1 is 0.654 bits per heavy atom. The Hall–Kier alpha value is -0.430. The van der Waals surface area contributed by atoms with Crippen molar-refractivity contribution in [2.45, 2.75) is 90.1 Å². The molecule has 0 aliphatic heterocycles. The van der Waals surface area contributed by atoms with E-state index in [1.165, 1.54) is 76.2 Å². The van der Waals surface area contributed by atoms with Crippen LogP contribution < -0.4 is 0 Å². The summed E-state index contributed by atoms with van der Waals surface area (Å²) in [6.45, 7) is 2.27. The standard InChI is InChI=1S/C23H43O2P/c1-2-3-4-5-6-7-8-9-10-11-12-16-19-26(21-24,22-25)20-23-17-14-13-15-18-23/h13-15,17-18,24-26H,2-12,16,19-22H2,1H3. The minimum absolute atomic E-state index is 0.205. The number of unbranched alkanes of at least 4 members (excludes halogenated alkanes) is 11. The average Bonchev–Trinajstić information content (AvgIpc) is 2.68. The second kappa shape index (κ2) is 15.6. The van der Waals surface area contributed by atoms with Crippen molar-refractivity contribution in [1.82, 2.24) is 0 Å². The number of benzene rings is 1. The Bertz CT molecular complexity index is 417. The molecule has 1 aromatic carbocycles. The van der Waals surface area contributed by atoms with Crippen LogP contribution >= 0.6 is 7.26 Å². The molecule has 26 heavy (non-hydrogen) atoms. The summed E-state index contributed by atoms with van der Waals surface area (Å²) in [6.07, 6.45) is 18.6. The molecule has 2 nitrogen and oxygen atoms in total. The summed E-state index contributed by atoms with van der Waals surface area (Å²) in [7, 11) is -1.97. The molecule has 0 unspecified atom stereocenters. The first-order valence-electron chi connectivity index (χ1n) is 11.0. The van der Waals surface area contributed by atoms with Crippen LogP contribution in [-0.4, -0.2) is 29.1 Å². The Morgan fingerprint density at radius 3 is 1.58 bits per heavy atom. The molecule has 0 spiro atoms. The van der Waals surface area contributed by atoms with Crippen LogP contribution in [0.1, 0.15) is 89.5 Å². The Morgan fingerprint density at radius 2 is 1.12 bits per heavy atom. The molecule has 0 atom stereocenters. The maximum atomic E-state index is 9.92. The van der Waals surface area contributed by atoms with Crippen molar-refractivity contribution >= 4 is 7.26 Å². The molecule has 1 aromatic rings. The summed E-state index contributed by atoms with van der Waals surface area (Å²) >= 11 is 0. The molecule has 0 bridgehead atoms. The number of aliphatic hydroxyl groups excluding tert-OH is 2. The van der Waals surface area contributed by atoms with Crippen molar-refractivity contribution in [1.29, 1.82) is 0 Å². The van der Waals surface area contributed by atoms with Gasteiger partial charge in [0.1, 0.15) is 0 Å². The van der Waals surface area contributed by atoms with E-state index in [9.17, 15) is 10.2 Å². The van der Waals surface area contributed by atoms with E-state index < -0.39 is 7.26 Å². The van der Waals surface area contributed by atoms with Crippen molar-refractivity contribution in [2.75, 3.05) is 18.9 Å². The third-order valence-electron chi connectivity index (χ3n) is 5.65. The zero-order valence-corrected chi connectivity index (χ0v) is 18.1. The number of rotatable bonds is 17. The van der Waals surface area contributed by atoms with Crippen LogP contribution in [0.15, 0.2) is 30.3 Å². The second-order valence-electron chi connectivity index (χ2n) is 8.12. The fraction of sp³-hybridized carbons (Fsp3) is 0.739. The van der Waals surface area contributed by atoms with Gasteiger partial charge in [0.25, 0.3) is 0 Å². The first-order chi connectivity index (χ1) is 12.8. The summed E-state index contributed by atoms with van der Waals surface area (Å²) in [5, 5.41) is 19.8. The van der Waals surface area contributed by atoms with E-state index in [1.807, 2.05) is 18.2 Å². The zero-order valence-electron chi connectivity index (χ0n) is 17.1. The number of hydrogen-bond donors (Lipinski definition) is 2. The summed E-state index contributed by atoms with van der Waals surface area (Å²) < 4.78 is 0. The van der Waals surface area contributed by atoms with E-state index in [1.54, 1.807) is 0 Å². The quantitative estimate of drug-likeness (QED) is 0.237. The van der Waals surface area contributed by atoms with Gasteiger partial charge in [-0.3, -0.25) is 0 Å². The molecule has 0 aliphatic carbocycles. The predicted octanol–water partition coefficient (Wildman–Crippen LogP) is 6.54. The van der Waals surface area contributed by atoms with Gasteiger partial charge in [0.05, 0.1) is 0 Å². The fourth-order valence-corrected chi connectivity index (χ4v) is 6.70. The molecule has 2 N–H and O–H groups in total. The maximum absolute atomic E-state index is 9.92. The van der Waals surface area contributed by atoms with Gasteiger partial charge in [-0.25, -0.2) is 0 Å². The third-order valence-corrected chi connectivity index (χ3v) is 9.57. The molecule has 0 heterocycles. The van der Waals surface area contributed by atoms with Gasteiger partial charge in [-0.1, -0.05) is 13.3 Å². The average molecular weight is 383 g/mol. The molecule has 0 aromatic heterocycles. The van der Waals surface area contributed by atoms with Crippen LogP contribution in [0.25, 0.3) is 0 Å². The normalized spacial score (nSPS) is 12.4. The third kappa shape index (κ3) is 10.7. The fourth-order valence-electron chi connectivity index (χ4n) is 3.78. The zero-order chi connectivity index (χ0) is 18.9. The Balaban J connectivity index is 2.08. The summed E-state index contributed by atoms with van der Waals surface area (Å²) in [4.78, 5) is 0. The van der Waals surface area contributed by atoms with E-state index in [4.69, 9.17) is 0 Å². The minimum atomic E-state index is -1.97. The van der Waals surface area contributed by atoms with Gasteiger partial charge < -0.3 is 0 Å². The monoisotopic (exact) mass is 382 g/mol. The van der Waals surface area contributed by atoms with Gasteiger partial charge in [0, 0.05) is 0 Å². The van der Waals surface area contributed by atoms with Gasteiger partial charge in [-0.15, -0.1) is 0 Å². The van der Waals surface area contributed by atoms with Gasteiger partial charge in [0.15, 0.2) is 0 Å². The predicted molar refractivity (Wildman–Crippen MR) is 119 cm³/mol. The molecule has 0 saturated carbocycles. The molecule has 0 fully saturated rings. The molecule has 1 rings (SSSR count). The SMILES string of the molecule is CCCCCCCCCCCCCC[PH](CO)(CO)Cc1ccccc1. The van der Waals surface area contributed by atoms with Crippen molar-refractivity contribution in [3.8, 4) is 0 Å². The van der Waals surface area contributed by atoms with Crippen molar-refractivity contribution in [3.05, 3.63) is 35.9 Å². The molecule has 0 aliphatic rings. The Kier molecular flexibility index (Phi) is 14.2. The van der Waals surface area contributed by atoms with Gasteiger partial charge in [0.2, 0.25) is 0 Å². The Labute approximate surface area is 162 Å². The van der Waals surface area contributed by atoms with E-state index in [2.05, 4.69) is 19.1 Å². The van der Waals surface area contributed by atoms with Gasteiger partial charge in [-0.2, -0.15) is 0 Å². The summed E-state index contributed by atoms with van der Waals surface area (Å²) in [5.74, 6) is 0. The van der Waals surface area contributed by atoms with Crippen molar-refractivity contribution in [2.24, 2.45) is 0 Å². The van der Waals surface area contributed by atoms with Crippen molar-refractivity contribution in [3.63, 3.8) is 0 Å². The van der Waals surface area contributed by atoms with Crippen LogP contribution in [0.2, 0.25) is 0 Å². The number of aliphatic hydroxyl groups is 2. The van der Waals surface area contributed by atoms with Crippen molar-refractivity contribution < 1.29 is 10.2 Å². The molecular weight excluding hydrogens is 339 g/mol. The van der Waals surface area contributed by atoms with Crippen LogP contribution in [0.3, 0.4) is 0 Å². The van der Waals surface area contributed by atoms with E-state index >= 15 is 0 Å². The van der Waals surface area contributed by atoms with Gasteiger partial charge in [-0.05, 0) is 0 Å². The van der Waals surface area contributed by atoms with E-state index in [0.29, 0.717) is 0 Å². The summed E-state index contributed by atoms with van der Waals surface area (Å²) in [6, 6.07) is 10.4. The van der Waals surface area contributed by atoms with Crippen LogP contribution in [0.5, 0.6) is 0 Å². The van der Waals surface area contributed by atoms with Crippen LogP contribution in [-0.2, 0) is 6.16 Å². The van der Waals surface area contributed by atoms with E-state index in [-0.39, 0.29) is 12.7 Å². The van der Waals surface area contributed by atoms with Crippen LogP contribution in [0, 0.1) is 0 Å². The number of hydrogen-bond acceptors (Lipinski definition) is 2. The topological polar surface area (TPSA) is 40.5 Å².